The largest absolute Gasteiger partial charge is 0.396 e. The molecule has 0 aliphatic heterocycles. The Hall–Kier alpha value is -1.10. The normalized spacial score (nSPS) is 12.1. The molecule has 0 saturated heterocycles. The van der Waals surface area contributed by atoms with Crippen LogP contribution in [0.2, 0.25) is 0 Å². The summed E-state index contributed by atoms with van der Waals surface area (Å²) in [5, 5.41) is 15.0. The number of amides is 2. The van der Waals surface area contributed by atoms with E-state index in [4.69, 9.17) is 0 Å². The number of carbonyl (C=O) groups excluding carboxylic acids is 2. The molecule has 0 saturated carbocycles. The van der Waals surface area contributed by atoms with Crippen molar-refractivity contribution in [2.45, 2.75) is 53.9 Å². The summed E-state index contributed by atoms with van der Waals surface area (Å²) >= 11 is 0. The van der Waals surface area contributed by atoms with Gasteiger partial charge in [0.15, 0.2) is 0 Å². The van der Waals surface area contributed by atoms with Crippen LogP contribution in [0.25, 0.3) is 0 Å². The van der Waals surface area contributed by atoms with Crippen molar-refractivity contribution in [2.75, 3.05) is 19.7 Å². The predicted octanol–water partition coefficient (Wildman–Crippen LogP) is 1.45. The molecule has 20 heavy (non-hydrogen) atoms. The maximum absolute atomic E-state index is 11.7. The maximum atomic E-state index is 11.7. The second kappa shape index (κ2) is 8.25. The Kier molecular flexibility index (Phi) is 7.79. The fourth-order valence-corrected chi connectivity index (χ4v) is 1.71. The minimum absolute atomic E-state index is 0.0582. The Morgan fingerprint density at radius 1 is 1.05 bits per heavy atom. The van der Waals surface area contributed by atoms with Crippen molar-refractivity contribution in [3.63, 3.8) is 0 Å². The molecule has 3 N–H and O–H groups in total. The van der Waals surface area contributed by atoms with Crippen LogP contribution in [-0.2, 0) is 9.59 Å². The highest BCUT2D eigenvalue weighted by atomic mass is 16.3. The van der Waals surface area contributed by atoms with E-state index < -0.39 is 5.41 Å². The monoisotopic (exact) mass is 286 g/mol. The van der Waals surface area contributed by atoms with E-state index in [9.17, 15) is 14.7 Å². The molecule has 5 nitrogen and oxygen atoms in total. The molecule has 0 aliphatic carbocycles. The highest BCUT2D eigenvalue weighted by Crippen LogP contribution is 2.24. The summed E-state index contributed by atoms with van der Waals surface area (Å²) < 4.78 is 0. The van der Waals surface area contributed by atoms with Crippen molar-refractivity contribution >= 4 is 11.8 Å². The summed E-state index contributed by atoms with van der Waals surface area (Å²) in [5.41, 5.74) is -0.669. The number of aliphatic hydroxyl groups excluding tert-OH is 1. The van der Waals surface area contributed by atoms with E-state index in [2.05, 4.69) is 10.6 Å². The average molecular weight is 286 g/mol. The van der Waals surface area contributed by atoms with Gasteiger partial charge in [-0.1, -0.05) is 34.6 Å². The molecule has 0 heterocycles. The lowest BCUT2D eigenvalue weighted by molar-refractivity contribution is -0.128. The van der Waals surface area contributed by atoms with Gasteiger partial charge in [-0.15, -0.1) is 0 Å². The van der Waals surface area contributed by atoms with E-state index in [-0.39, 0.29) is 30.3 Å². The lowest BCUT2D eigenvalue weighted by Gasteiger charge is -2.29. The minimum Gasteiger partial charge on any atom is -0.396 e. The molecule has 0 fully saturated rings. The third-order valence-electron chi connectivity index (χ3n) is 3.81. The van der Waals surface area contributed by atoms with Gasteiger partial charge in [0.05, 0.1) is 6.61 Å². The Labute approximate surface area is 122 Å². The molecule has 0 spiro atoms. The van der Waals surface area contributed by atoms with Crippen molar-refractivity contribution in [2.24, 2.45) is 10.8 Å². The van der Waals surface area contributed by atoms with Crippen LogP contribution < -0.4 is 10.6 Å². The number of nitrogens with one attached hydrogen (secondary N) is 2. The maximum Gasteiger partial charge on any atom is 0.225 e. The van der Waals surface area contributed by atoms with Crippen molar-refractivity contribution in [1.82, 2.24) is 10.6 Å². The smallest absolute Gasteiger partial charge is 0.225 e. The molecule has 0 rings (SSSR count). The quantitative estimate of drug-likeness (QED) is 0.632. The molecule has 0 bridgehead atoms. The molecule has 2 amide bonds. The lowest BCUT2D eigenvalue weighted by atomic mass is 9.83. The minimum atomic E-state index is -0.438. The number of carbonyl (C=O) groups is 2. The van der Waals surface area contributed by atoms with Gasteiger partial charge in [-0.3, -0.25) is 9.59 Å². The molecule has 0 atom stereocenters. The fourth-order valence-electron chi connectivity index (χ4n) is 1.71. The summed E-state index contributed by atoms with van der Waals surface area (Å²) in [6.07, 6.45) is 1.90. The summed E-state index contributed by atoms with van der Waals surface area (Å²) in [5.74, 6) is -0.156. The molecule has 0 aromatic heterocycles. The van der Waals surface area contributed by atoms with Crippen molar-refractivity contribution in [1.29, 1.82) is 0 Å². The molecule has 0 aromatic carbocycles. The van der Waals surface area contributed by atoms with Gasteiger partial charge in [0.25, 0.3) is 0 Å². The topological polar surface area (TPSA) is 78.4 Å². The third-order valence-corrected chi connectivity index (χ3v) is 3.81. The Balaban J connectivity index is 4.05. The second-order valence-electron chi connectivity index (χ2n) is 6.40. The van der Waals surface area contributed by atoms with E-state index in [1.54, 1.807) is 0 Å². The van der Waals surface area contributed by atoms with Gasteiger partial charge < -0.3 is 15.7 Å². The number of rotatable bonds is 8. The highest BCUT2D eigenvalue weighted by molar-refractivity contribution is 5.82. The first-order valence-corrected chi connectivity index (χ1v) is 7.36. The van der Waals surface area contributed by atoms with Crippen LogP contribution in [0.1, 0.15) is 53.9 Å². The van der Waals surface area contributed by atoms with Crippen LogP contribution in [0.3, 0.4) is 0 Å². The van der Waals surface area contributed by atoms with E-state index in [0.29, 0.717) is 13.1 Å². The van der Waals surface area contributed by atoms with Crippen molar-refractivity contribution in [3.8, 4) is 0 Å². The standard InChI is InChI=1S/C15H30N2O3/c1-6-15(7-2,11-18)10-17-12(19)8-9-16-13(20)14(3,4)5/h18H,6-11H2,1-5H3,(H,16,20)(H,17,19). The fraction of sp³-hybridized carbons (Fsp3) is 0.867. The van der Waals surface area contributed by atoms with Gasteiger partial charge in [0.2, 0.25) is 11.8 Å². The number of aliphatic hydroxyl groups is 1. The Bertz CT molecular complexity index is 309. The number of hydrogen-bond acceptors (Lipinski definition) is 3. The predicted molar refractivity (Wildman–Crippen MR) is 80.2 cm³/mol. The lowest BCUT2D eigenvalue weighted by Crippen LogP contribution is -2.41. The zero-order valence-corrected chi connectivity index (χ0v) is 13.5. The SMILES string of the molecule is CCC(CC)(CO)CNC(=O)CCNC(=O)C(C)(C)C. The van der Waals surface area contributed by atoms with Gasteiger partial charge in [0.1, 0.15) is 0 Å². The Morgan fingerprint density at radius 2 is 1.60 bits per heavy atom. The molecule has 0 aromatic rings. The van der Waals surface area contributed by atoms with Crippen LogP contribution in [0.5, 0.6) is 0 Å². The van der Waals surface area contributed by atoms with Crippen molar-refractivity contribution in [3.05, 3.63) is 0 Å². The summed E-state index contributed by atoms with van der Waals surface area (Å²) in [7, 11) is 0. The molecule has 118 valence electrons. The zero-order valence-electron chi connectivity index (χ0n) is 13.5. The van der Waals surface area contributed by atoms with Gasteiger partial charge in [0, 0.05) is 30.3 Å². The first-order valence-electron chi connectivity index (χ1n) is 7.36. The van der Waals surface area contributed by atoms with Crippen LogP contribution in [-0.4, -0.2) is 36.6 Å². The van der Waals surface area contributed by atoms with Crippen molar-refractivity contribution < 1.29 is 14.7 Å². The van der Waals surface area contributed by atoms with Crippen LogP contribution in [0.15, 0.2) is 0 Å². The van der Waals surface area contributed by atoms with Gasteiger partial charge >= 0.3 is 0 Å². The van der Waals surface area contributed by atoms with Crippen LogP contribution in [0, 0.1) is 10.8 Å². The van der Waals surface area contributed by atoms with Gasteiger partial charge in [-0.05, 0) is 12.8 Å². The molecular formula is C15H30N2O3. The molecule has 0 radical (unpaired) electrons. The second-order valence-corrected chi connectivity index (χ2v) is 6.40. The summed E-state index contributed by atoms with van der Waals surface area (Å²) in [6, 6.07) is 0. The first-order chi connectivity index (χ1) is 9.20. The average Bonchev–Trinajstić information content (AvgIpc) is 2.39. The van der Waals surface area contributed by atoms with Gasteiger partial charge in [-0.25, -0.2) is 0 Å². The Morgan fingerprint density at radius 3 is 2.00 bits per heavy atom. The molecular weight excluding hydrogens is 256 g/mol. The molecule has 0 unspecified atom stereocenters. The van der Waals surface area contributed by atoms with Gasteiger partial charge in [-0.2, -0.15) is 0 Å². The summed E-state index contributed by atoms with van der Waals surface area (Å²) in [6.45, 7) is 10.4. The first kappa shape index (κ1) is 18.9. The van der Waals surface area contributed by atoms with E-state index >= 15 is 0 Å². The van der Waals surface area contributed by atoms with E-state index in [1.807, 2.05) is 34.6 Å². The molecule has 5 heteroatoms. The van der Waals surface area contributed by atoms with Crippen LogP contribution >= 0.6 is 0 Å². The van der Waals surface area contributed by atoms with E-state index in [1.165, 1.54) is 0 Å². The zero-order chi connectivity index (χ0) is 15.8. The number of hydrogen-bond donors (Lipinski definition) is 3. The summed E-state index contributed by atoms with van der Waals surface area (Å²) in [4.78, 5) is 23.4. The van der Waals surface area contributed by atoms with Crippen LogP contribution in [0.4, 0.5) is 0 Å². The molecule has 0 aliphatic rings. The highest BCUT2D eigenvalue weighted by Gasteiger charge is 2.26. The van der Waals surface area contributed by atoms with E-state index in [0.717, 1.165) is 12.8 Å². The third kappa shape index (κ3) is 6.37.